The third-order valence-electron chi connectivity index (χ3n) is 4.41. The van der Waals surface area contributed by atoms with Crippen molar-refractivity contribution in [1.82, 2.24) is 15.1 Å². The summed E-state index contributed by atoms with van der Waals surface area (Å²) in [4.78, 5) is 4.63. The summed E-state index contributed by atoms with van der Waals surface area (Å²) in [6.45, 7) is 11.0. The first-order valence-electron chi connectivity index (χ1n) is 8.52. The molecule has 0 aliphatic carbocycles. The van der Waals surface area contributed by atoms with E-state index in [9.17, 15) is 5.11 Å². The second-order valence-electron chi connectivity index (χ2n) is 6.15. The average molecular weight is 327 g/mol. The summed E-state index contributed by atoms with van der Waals surface area (Å²) >= 11 is 0. The van der Waals surface area contributed by atoms with Crippen LogP contribution in [0.15, 0.2) is 66.0 Å². The van der Waals surface area contributed by atoms with Gasteiger partial charge in [-0.1, -0.05) is 43.0 Å². The average Bonchev–Trinajstić information content (AvgIpc) is 2.61. The molecule has 1 fully saturated rings. The number of aliphatic hydroxyl groups excluding tert-OH is 1. The molecule has 0 amide bonds. The summed E-state index contributed by atoms with van der Waals surface area (Å²) in [6.07, 6.45) is 4.00. The Kier molecular flexibility index (Phi) is 7.09. The zero-order chi connectivity index (χ0) is 17.4. The predicted molar refractivity (Wildman–Crippen MR) is 100 cm³/mol. The minimum Gasteiger partial charge on any atom is -0.392 e. The standard InChI is InChI=1S/C20H29N3O/c1-4-19(16-24)20(21-15-18-8-6-5-7-9-18)14-17(2)23-12-10-22(3)11-13-23/h4-9,14,21,24H,2,10-13,15-16H2,1,3H3/b19-4-,20-14+. The Labute approximate surface area is 145 Å². The quantitative estimate of drug-likeness (QED) is 0.754. The van der Waals surface area contributed by atoms with E-state index in [0.717, 1.165) is 49.7 Å². The lowest BCUT2D eigenvalue weighted by Crippen LogP contribution is -2.43. The van der Waals surface area contributed by atoms with Crippen molar-refractivity contribution < 1.29 is 5.11 Å². The Morgan fingerprint density at radius 1 is 1.21 bits per heavy atom. The first-order chi connectivity index (χ1) is 11.6. The molecule has 4 nitrogen and oxygen atoms in total. The van der Waals surface area contributed by atoms with Crippen LogP contribution >= 0.6 is 0 Å². The van der Waals surface area contributed by atoms with E-state index in [1.165, 1.54) is 5.56 Å². The van der Waals surface area contributed by atoms with Crippen molar-refractivity contribution in [1.29, 1.82) is 0 Å². The van der Waals surface area contributed by atoms with Gasteiger partial charge in [-0.3, -0.25) is 0 Å². The molecule has 1 aromatic rings. The monoisotopic (exact) mass is 327 g/mol. The maximum Gasteiger partial charge on any atom is 0.0698 e. The number of hydrogen-bond donors (Lipinski definition) is 2. The van der Waals surface area contributed by atoms with E-state index < -0.39 is 0 Å². The molecule has 1 aliphatic heterocycles. The first-order valence-corrected chi connectivity index (χ1v) is 8.52. The highest BCUT2D eigenvalue weighted by Crippen LogP contribution is 2.15. The van der Waals surface area contributed by atoms with Crippen LogP contribution in [0.4, 0.5) is 0 Å². The van der Waals surface area contributed by atoms with E-state index in [-0.39, 0.29) is 6.61 Å². The van der Waals surface area contributed by atoms with Crippen LogP contribution in [0.2, 0.25) is 0 Å². The Morgan fingerprint density at radius 3 is 2.46 bits per heavy atom. The molecule has 0 radical (unpaired) electrons. The molecule has 4 heteroatoms. The molecule has 24 heavy (non-hydrogen) atoms. The fourth-order valence-corrected chi connectivity index (χ4v) is 2.73. The highest BCUT2D eigenvalue weighted by Gasteiger charge is 2.15. The molecular weight excluding hydrogens is 298 g/mol. The smallest absolute Gasteiger partial charge is 0.0698 e. The lowest BCUT2D eigenvalue weighted by atomic mass is 10.1. The largest absolute Gasteiger partial charge is 0.392 e. The molecule has 1 heterocycles. The van der Waals surface area contributed by atoms with E-state index >= 15 is 0 Å². The third-order valence-corrected chi connectivity index (χ3v) is 4.41. The Bertz CT molecular complexity index is 584. The molecule has 0 bridgehead atoms. The molecule has 0 atom stereocenters. The van der Waals surface area contributed by atoms with Gasteiger partial charge < -0.3 is 20.2 Å². The second kappa shape index (κ2) is 9.30. The fourth-order valence-electron chi connectivity index (χ4n) is 2.73. The van der Waals surface area contributed by atoms with Crippen LogP contribution in [0.25, 0.3) is 0 Å². The molecule has 0 spiro atoms. The summed E-state index contributed by atoms with van der Waals surface area (Å²) in [7, 11) is 2.15. The lowest BCUT2D eigenvalue weighted by Gasteiger charge is -2.34. The number of nitrogens with one attached hydrogen (secondary N) is 1. The van der Waals surface area contributed by atoms with Crippen LogP contribution in [0.3, 0.4) is 0 Å². The lowest BCUT2D eigenvalue weighted by molar-refractivity contribution is 0.190. The number of piperazine rings is 1. The van der Waals surface area contributed by atoms with E-state index in [1.54, 1.807) is 0 Å². The number of benzene rings is 1. The molecule has 130 valence electrons. The molecule has 0 unspecified atom stereocenters. The van der Waals surface area contributed by atoms with Gasteiger partial charge in [0.2, 0.25) is 0 Å². The zero-order valence-corrected chi connectivity index (χ0v) is 14.8. The summed E-state index contributed by atoms with van der Waals surface area (Å²) < 4.78 is 0. The van der Waals surface area contributed by atoms with Crippen LogP contribution in [0.1, 0.15) is 12.5 Å². The molecule has 0 saturated carbocycles. The normalized spacial score (nSPS) is 17.0. The van der Waals surface area contributed by atoms with Crippen LogP contribution in [0.5, 0.6) is 0 Å². The molecule has 0 aromatic heterocycles. The summed E-state index contributed by atoms with van der Waals surface area (Å²) in [6, 6.07) is 10.3. The third kappa shape index (κ3) is 5.25. The summed E-state index contributed by atoms with van der Waals surface area (Å²) in [5.41, 5.74) is 4.03. The number of aliphatic hydroxyl groups is 1. The Hall–Kier alpha value is -2.04. The maximum atomic E-state index is 9.65. The van der Waals surface area contributed by atoms with Gasteiger partial charge in [0.25, 0.3) is 0 Å². The summed E-state index contributed by atoms with van der Waals surface area (Å²) in [5.74, 6) is 0. The van der Waals surface area contributed by atoms with Crippen LogP contribution in [0, 0.1) is 0 Å². The van der Waals surface area contributed by atoms with E-state index in [1.807, 2.05) is 31.2 Å². The Balaban J connectivity index is 2.08. The second-order valence-corrected chi connectivity index (χ2v) is 6.15. The molecule has 2 N–H and O–H groups in total. The van der Waals surface area contributed by atoms with Crippen molar-refractivity contribution in [3.05, 3.63) is 71.6 Å². The van der Waals surface area contributed by atoms with Gasteiger partial charge in [0.05, 0.1) is 6.61 Å². The molecule has 1 aromatic carbocycles. The van der Waals surface area contributed by atoms with Crippen LogP contribution in [-0.4, -0.2) is 54.7 Å². The van der Waals surface area contributed by atoms with Crippen molar-refractivity contribution in [3.8, 4) is 0 Å². The van der Waals surface area contributed by atoms with Crippen LogP contribution < -0.4 is 5.32 Å². The van der Waals surface area contributed by atoms with Crippen molar-refractivity contribution in [3.63, 3.8) is 0 Å². The van der Waals surface area contributed by atoms with E-state index in [0.29, 0.717) is 0 Å². The fraction of sp³-hybridized carbons (Fsp3) is 0.400. The van der Waals surface area contributed by atoms with Crippen LogP contribution in [-0.2, 0) is 6.54 Å². The number of allylic oxidation sites excluding steroid dienone is 2. The van der Waals surface area contributed by atoms with Gasteiger partial charge in [-0.15, -0.1) is 0 Å². The highest BCUT2D eigenvalue weighted by atomic mass is 16.3. The number of likely N-dealkylation sites (N-methyl/N-ethyl adjacent to an activating group) is 1. The maximum absolute atomic E-state index is 9.65. The minimum atomic E-state index is 0.0140. The van der Waals surface area contributed by atoms with Gasteiger partial charge in [-0.25, -0.2) is 0 Å². The summed E-state index contributed by atoms with van der Waals surface area (Å²) in [5, 5.41) is 13.1. The SMILES string of the molecule is C=C(/C=C(NCc1ccccc1)\C(=C/C)CO)N1CCN(C)CC1. The topological polar surface area (TPSA) is 38.7 Å². The van der Waals surface area contributed by atoms with Gasteiger partial charge in [0.1, 0.15) is 0 Å². The van der Waals surface area contributed by atoms with Gasteiger partial charge >= 0.3 is 0 Å². The predicted octanol–water partition coefficient (Wildman–Crippen LogP) is 2.36. The van der Waals surface area contributed by atoms with Gasteiger partial charge in [0, 0.05) is 44.1 Å². The molecule has 1 aliphatic rings. The van der Waals surface area contributed by atoms with Gasteiger partial charge in [-0.2, -0.15) is 0 Å². The van der Waals surface area contributed by atoms with Crippen molar-refractivity contribution in [2.45, 2.75) is 13.5 Å². The zero-order valence-electron chi connectivity index (χ0n) is 14.8. The molecule has 1 saturated heterocycles. The minimum absolute atomic E-state index is 0.0140. The molecule has 2 rings (SSSR count). The number of rotatable bonds is 7. The molecular formula is C20H29N3O. The van der Waals surface area contributed by atoms with Gasteiger partial charge in [-0.05, 0) is 31.2 Å². The number of hydrogen-bond acceptors (Lipinski definition) is 4. The Morgan fingerprint density at radius 2 is 1.88 bits per heavy atom. The highest BCUT2D eigenvalue weighted by molar-refractivity contribution is 5.35. The van der Waals surface area contributed by atoms with E-state index in [2.05, 4.69) is 47.0 Å². The van der Waals surface area contributed by atoms with E-state index in [4.69, 9.17) is 0 Å². The van der Waals surface area contributed by atoms with Crippen molar-refractivity contribution in [2.24, 2.45) is 0 Å². The van der Waals surface area contributed by atoms with Gasteiger partial charge in [0.15, 0.2) is 0 Å². The van der Waals surface area contributed by atoms with Crippen molar-refractivity contribution in [2.75, 3.05) is 39.8 Å². The van der Waals surface area contributed by atoms with Crippen molar-refractivity contribution >= 4 is 0 Å². The first kappa shape index (κ1) is 18.3. The number of nitrogens with zero attached hydrogens (tertiary/aromatic N) is 2.